The summed E-state index contributed by atoms with van der Waals surface area (Å²) in [6.45, 7) is 8.91. The number of hydrogen-bond acceptors (Lipinski definition) is 6. The molecule has 0 radical (unpaired) electrons. The molecule has 0 bridgehead atoms. The zero-order valence-electron chi connectivity index (χ0n) is 17.8. The lowest BCUT2D eigenvalue weighted by molar-refractivity contribution is 0.237. The number of nitrogens with zero attached hydrogens (tertiary/aromatic N) is 6. The third-order valence-electron chi connectivity index (χ3n) is 5.83. The molecule has 3 heterocycles. The van der Waals surface area contributed by atoms with Gasteiger partial charge in [0.2, 0.25) is 5.95 Å². The molecule has 1 fully saturated rings. The number of nitrogens with one attached hydrogen (secondary N) is 1. The van der Waals surface area contributed by atoms with Crippen LogP contribution in [-0.4, -0.2) is 50.6 Å². The number of aromatic nitrogens is 4. The lowest BCUT2D eigenvalue weighted by Crippen LogP contribution is -2.34. The van der Waals surface area contributed by atoms with Crippen molar-refractivity contribution in [2.45, 2.75) is 45.6 Å². The van der Waals surface area contributed by atoms with Gasteiger partial charge in [-0.3, -0.25) is 0 Å². The van der Waals surface area contributed by atoms with Crippen LogP contribution in [0.3, 0.4) is 0 Å². The van der Waals surface area contributed by atoms with Crippen LogP contribution in [0.2, 0.25) is 0 Å². The van der Waals surface area contributed by atoms with Gasteiger partial charge in [-0.1, -0.05) is 18.6 Å². The molecule has 1 aliphatic rings. The summed E-state index contributed by atoms with van der Waals surface area (Å²) in [5.74, 6) is 0.775. The van der Waals surface area contributed by atoms with Crippen molar-refractivity contribution in [3.05, 3.63) is 47.5 Å². The SMILES string of the molecule is CCn1c(C(C#N)c2nc(NCCN3CCCCC3)ncc2C)nc2ccccc21. The van der Waals surface area contributed by atoms with E-state index in [1.165, 1.54) is 32.4 Å². The van der Waals surface area contributed by atoms with E-state index >= 15 is 0 Å². The summed E-state index contributed by atoms with van der Waals surface area (Å²) in [4.78, 5) is 16.4. The zero-order valence-corrected chi connectivity index (χ0v) is 17.8. The lowest BCUT2D eigenvalue weighted by atomic mass is 10.0. The van der Waals surface area contributed by atoms with Crippen LogP contribution in [0.1, 0.15) is 49.2 Å². The Hall–Kier alpha value is -2.98. The summed E-state index contributed by atoms with van der Waals surface area (Å²) in [6, 6.07) is 10.4. The highest BCUT2D eigenvalue weighted by molar-refractivity contribution is 5.76. The first-order valence-electron chi connectivity index (χ1n) is 10.9. The number of piperidine rings is 1. The van der Waals surface area contributed by atoms with Crippen LogP contribution in [0.5, 0.6) is 0 Å². The van der Waals surface area contributed by atoms with Gasteiger partial charge in [0.1, 0.15) is 11.7 Å². The third kappa shape index (κ3) is 4.14. The van der Waals surface area contributed by atoms with E-state index in [4.69, 9.17) is 9.97 Å². The fraction of sp³-hybridized carbons (Fsp3) is 0.478. The van der Waals surface area contributed by atoms with Gasteiger partial charge in [0.15, 0.2) is 0 Å². The molecule has 0 amide bonds. The number of likely N-dealkylation sites (tertiary alicyclic amines) is 1. The molecule has 7 nitrogen and oxygen atoms in total. The molecule has 0 saturated carbocycles. The maximum atomic E-state index is 10.0. The Labute approximate surface area is 177 Å². The van der Waals surface area contributed by atoms with Gasteiger partial charge in [-0.25, -0.2) is 15.0 Å². The number of hydrogen-bond donors (Lipinski definition) is 1. The van der Waals surface area contributed by atoms with E-state index < -0.39 is 5.92 Å². The Morgan fingerprint density at radius 2 is 1.97 bits per heavy atom. The van der Waals surface area contributed by atoms with Crippen molar-refractivity contribution >= 4 is 17.0 Å². The Balaban J connectivity index is 1.57. The number of imidazole rings is 1. The standard InChI is InChI=1S/C23H29N7/c1-3-30-20-10-6-5-9-19(20)27-22(30)18(15-24)21-17(2)16-26-23(28-21)25-11-14-29-12-7-4-8-13-29/h5-6,9-10,16,18H,3-4,7-8,11-14H2,1-2H3,(H,25,26,28). The highest BCUT2D eigenvalue weighted by Crippen LogP contribution is 2.28. The van der Waals surface area contributed by atoms with Crippen LogP contribution < -0.4 is 5.32 Å². The average Bonchev–Trinajstić information content (AvgIpc) is 3.15. The second-order valence-corrected chi connectivity index (χ2v) is 7.86. The van der Waals surface area contributed by atoms with E-state index in [9.17, 15) is 5.26 Å². The van der Waals surface area contributed by atoms with Crippen LogP contribution in [0.25, 0.3) is 11.0 Å². The van der Waals surface area contributed by atoms with Gasteiger partial charge in [-0.2, -0.15) is 5.26 Å². The summed E-state index contributed by atoms with van der Waals surface area (Å²) in [6.07, 6.45) is 5.71. The minimum absolute atomic E-state index is 0.539. The number of fused-ring (bicyclic) bond motifs is 1. The van der Waals surface area contributed by atoms with E-state index in [1.54, 1.807) is 6.20 Å². The summed E-state index contributed by atoms with van der Waals surface area (Å²) in [5.41, 5.74) is 3.57. The highest BCUT2D eigenvalue weighted by Gasteiger charge is 2.25. The van der Waals surface area contributed by atoms with Gasteiger partial charge in [0.05, 0.1) is 22.8 Å². The molecule has 0 aliphatic carbocycles. The second kappa shape index (κ2) is 9.23. The van der Waals surface area contributed by atoms with Gasteiger partial charge >= 0.3 is 0 Å². The molecular formula is C23H29N7. The quantitative estimate of drug-likeness (QED) is 0.648. The first-order valence-corrected chi connectivity index (χ1v) is 10.9. The molecule has 30 heavy (non-hydrogen) atoms. The van der Waals surface area contributed by atoms with E-state index in [-0.39, 0.29) is 0 Å². The van der Waals surface area contributed by atoms with Crippen molar-refractivity contribution in [3.8, 4) is 6.07 Å². The van der Waals surface area contributed by atoms with Gasteiger partial charge in [0, 0.05) is 25.8 Å². The van der Waals surface area contributed by atoms with E-state index in [2.05, 4.69) is 32.8 Å². The first-order chi connectivity index (χ1) is 14.7. The molecular weight excluding hydrogens is 374 g/mol. The molecule has 1 atom stereocenters. The van der Waals surface area contributed by atoms with Crippen LogP contribution in [0, 0.1) is 18.3 Å². The number of anilines is 1. The Morgan fingerprint density at radius 3 is 2.73 bits per heavy atom. The van der Waals surface area contributed by atoms with Gasteiger partial charge < -0.3 is 14.8 Å². The monoisotopic (exact) mass is 403 g/mol. The second-order valence-electron chi connectivity index (χ2n) is 7.86. The van der Waals surface area contributed by atoms with Crippen molar-refractivity contribution in [2.75, 3.05) is 31.5 Å². The molecule has 1 unspecified atom stereocenters. The van der Waals surface area contributed by atoms with Crippen LogP contribution >= 0.6 is 0 Å². The zero-order chi connectivity index (χ0) is 20.9. The molecule has 0 spiro atoms. The normalized spacial score (nSPS) is 15.8. The molecule has 1 aromatic carbocycles. The van der Waals surface area contributed by atoms with Crippen molar-refractivity contribution < 1.29 is 0 Å². The molecule has 1 saturated heterocycles. The maximum absolute atomic E-state index is 10.0. The summed E-state index contributed by atoms with van der Waals surface area (Å²) < 4.78 is 2.11. The van der Waals surface area contributed by atoms with E-state index in [1.807, 2.05) is 31.2 Å². The third-order valence-corrected chi connectivity index (χ3v) is 5.83. The molecule has 4 rings (SSSR count). The number of para-hydroxylation sites is 2. The van der Waals surface area contributed by atoms with Crippen molar-refractivity contribution in [1.82, 2.24) is 24.4 Å². The number of rotatable bonds is 7. The fourth-order valence-corrected chi connectivity index (χ4v) is 4.23. The molecule has 2 aromatic heterocycles. The van der Waals surface area contributed by atoms with Crippen molar-refractivity contribution in [1.29, 1.82) is 5.26 Å². The van der Waals surface area contributed by atoms with Crippen LogP contribution in [0.4, 0.5) is 5.95 Å². The summed E-state index contributed by atoms with van der Waals surface area (Å²) in [5, 5.41) is 13.4. The predicted molar refractivity (Wildman–Crippen MR) is 118 cm³/mol. The number of benzene rings is 1. The van der Waals surface area contributed by atoms with Crippen LogP contribution in [-0.2, 0) is 6.54 Å². The minimum atomic E-state index is -0.539. The summed E-state index contributed by atoms with van der Waals surface area (Å²) in [7, 11) is 0. The summed E-state index contributed by atoms with van der Waals surface area (Å²) >= 11 is 0. The highest BCUT2D eigenvalue weighted by atomic mass is 15.2. The largest absolute Gasteiger partial charge is 0.353 e. The van der Waals surface area contributed by atoms with Crippen molar-refractivity contribution in [2.24, 2.45) is 0 Å². The first kappa shape index (κ1) is 20.3. The Kier molecular flexibility index (Phi) is 6.24. The van der Waals surface area contributed by atoms with Crippen LogP contribution in [0.15, 0.2) is 30.5 Å². The molecule has 1 N–H and O–H groups in total. The van der Waals surface area contributed by atoms with Gasteiger partial charge in [-0.15, -0.1) is 0 Å². The lowest BCUT2D eigenvalue weighted by Gasteiger charge is -2.26. The average molecular weight is 404 g/mol. The van der Waals surface area contributed by atoms with E-state index in [0.717, 1.165) is 47.7 Å². The van der Waals surface area contributed by atoms with Gasteiger partial charge in [-0.05, 0) is 57.5 Å². The minimum Gasteiger partial charge on any atom is -0.353 e. The fourth-order valence-electron chi connectivity index (χ4n) is 4.23. The Bertz CT molecular complexity index is 1040. The molecule has 1 aliphatic heterocycles. The predicted octanol–water partition coefficient (Wildman–Crippen LogP) is 3.71. The molecule has 7 heteroatoms. The number of aryl methyl sites for hydroxylation is 2. The Morgan fingerprint density at radius 1 is 1.17 bits per heavy atom. The molecule has 3 aromatic rings. The molecule has 156 valence electrons. The van der Waals surface area contributed by atoms with Gasteiger partial charge in [0.25, 0.3) is 0 Å². The maximum Gasteiger partial charge on any atom is 0.222 e. The smallest absolute Gasteiger partial charge is 0.222 e. The topological polar surface area (TPSA) is 82.7 Å². The van der Waals surface area contributed by atoms with Crippen molar-refractivity contribution in [3.63, 3.8) is 0 Å². The number of nitriles is 1. The van der Waals surface area contributed by atoms with E-state index in [0.29, 0.717) is 5.95 Å².